The monoisotopic (exact) mass is 578 g/mol. The molecule has 0 aliphatic heterocycles. The first-order valence-electron chi connectivity index (χ1n) is 11.1. The summed E-state index contributed by atoms with van der Waals surface area (Å²) in [5.41, 5.74) is -1.21. The number of hydrogen-bond donors (Lipinski definition) is 1. The Morgan fingerprint density at radius 2 is 1.85 bits per heavy atom. The Morgan fingerprint density at radius 1 is 1.10 bits per heavy atom. The van der Waals surface area contributed by atoms with E-state index in [0.29, 0.717) is 15.8 Å². The largest absolute Gasteiger partial charge is 0.497 e. The number of benzene rings is 2. The van der Waals surface area contributed by atoms with E-state index in [2.05, 4.69) is 20.5 Å². The number of nitrogens with one attached hydrogen (secondary N) is 1. The highest BCUT2D eigenvalue weighted by Gasteiger charge is 2.36. The van der Waals surface area contributed by atoms with Gasteiger partial charge in [0.15, 0.2) is 17.2 Å². The Morgan fingerprint density at radius 3 is 2.51 bits per heavy atom. The van der Waals surface area contributed by atoms with E-state index < -0.39 is 23.6 Å². The molecular formula is C25H16Cl2F4N6O2. The van der Waals surface area contributed by atoms with Crippen LogP contribution in [0.5, 0.6) is 5.75 Å². The molecule has 0 spiro atoms. The van der Waals surface area contributed by atoms with Gasteiger partial charge in [-0.3, -0.25) is 9.48 Å². The number of aromatic nitrogens is 5. The summed E-state index contributed by atoms with van der Waals surface area (Å²) in [4.78, 5) is 17.4. The van der Waals surface area contributed by atoms with Crippen LogP contribution in [0.3, 0.4) is 0 Å². The molecule has 1 amide bonds. The van der Waals surface area contributed by atoms with Gasteiger partial charge in [0.05, 0.1) is 25.5 Å². The number of alkyl halides is 3. The smallest absolute Gasteiger partial charge is 0.433 e. The van der Waals surface area contributed by atoms with Gasteiger partial charge in [0.25, 0.3) is 5.91 Å². The van der Waals surface area contributed by atoms with Crippen molar-refractivity contribution < 1.29 is 27.1 Å². The zero-order chi connectivity index (χ0) is 27.9. The van der Waals surface area contributed by atoms with Crippen molar-refractivity contribution in [3.63, 3.8) is 0 Å². The third kappa shape index (κ3) is 5.25. The van der Waals surface area contributed by atoms with E-state index in [1.807, 2.05) is 0 Å². The lowest BCUT2D eigenvalue weighted by Gasteiger charge is -2.12. The lowest BCUT2D eigenvalue weighted by molar-refractivity contribution is -0.142. The zero-order valence-electron chi connectivity index (χ0n) is 19.8. The van der Waals surface area contributed by atoms with Crippen molar-refractivity contribution in [1.29, 1.82) is 0 Å². The van der Waals surface area contributed by atoms with Gasteiger partial charge in [-0.05, 0) is 42.5 Å². The summed E-state index contributed by atoms with van der Waals surface area (Å²) in [5, 5.41) is 10.5. The van der Waals surface area contributed by atoms with Gasteiger partial charge < -0.3 is 10.1 Å². The molecule has 1 N–H and O–H groups in total. The molecule has 0 bridgehead atoms. The number of rotatable bonds is 6. The Labute approximate surface area is 227 Å². The van der Waals surface area contributed by atoms with Crippen LogP contribution >= 0.6 is 23.2 Å². The molecule has 0 fully saturated rings. The fraction of sp³-hybridized carbons (Fsp3) is 0.120. The van der Waals surface area contributed by atoms with Crippen molar-refractivity contribution in [2.45, 2.75) is 12.7 Å². The molecule has 8 nitrogen and oxygen atoms in total. The molecule has 39 heavy (non-hydrogen) atoms. The van der Waals surface area contributed by atoms with E-state index in [1.165, 1.54) is 36.2 Å². The van der Waals surface area contributed by atoms with Crippen molar-refractivity contribution in [3.8, 4) is 17.0 Å². The van der Waals surface area contributed by atoms with Gasteiger partial charge in [-0.2, -0.15) is 23.4 Å². The van der Waals surface area contributed by atoms with Gasteiger partial charge in [-0.25, -0.2) is 13.9 Å². The van der Waals surface area contributed by atoms with Gasteiger partial charge in [0.1, 0.15) is 22.2 Å². The summed E-state index contributed by atoms with van der Waals surface area (Å²) in [6, 6.07) is 11.3. The van der Waals surface area contributed by atoms with Crippen LogP contribution in [0.2, 0.25) is 10.0 Å². The standard InChI is InChI=1S/C25H16Cl2F4N6O2/c1-39-14-7-5-13(6-8-14)20-9-21(25(29,30)31)37-23(33-20)15(10-32-37)24(38)34-22-18(27)12-36(35-22)11-16-17(26)3-2-4-19(16)28/h2-10,12H,11H2,1H3,(H,34,35,38). The Kier molecular flexibility index (Phi) is 6.91. The molecular weight excluding hydrogens is 563 g/mol. The fourth-order valence-corrected chi connectivity index (χ4v) is 4.24. The number of anilines is 1. The molecule has 2 aromatic carbocycles. The van der Waals surface area contributed by atoms with Crippen LogP contribution in [0.25, 0.3) is 16.9 Å². The first-order valence-corrected chi connectivity index (χ1v) is 11.9. The van der Waals surface area contributed by atoms with Crippen LogP contribution in [0.15, 0.2) is 60.9 Å². The second-order valence-corrected chi connectivity index (χ2v) is 9.04. The Bertz CT molecular complexity index is 1680. The second-order valence-electron chi connectivity index (χ2n) is 8.22. The van der Waals surface area contributed by atoms with Gasteiger partial charge >= 0.3 is 6.18 Å². The molecule has 0 radical (unpaired) electrons. The number of hydrogen-bond acceptors (Lipinski definition) is 5. The number of fused-ring (bicyclic) bond motifs is 1. The summed E-state index contributed by atoms with van der Waals surface area (Å²) in [6.07, 6.45) is -2.48. The number of halogens is 6. The maximum Gasteiger partial charge on any atom is 0.433 e. The summed E-state index contributed by atoms with van der Waals surface area (Å²) < 4.78 is 62.8. The van der Waals surface area contributed by atoms with Crippen molar-refractivity contribution in [1.82, 2.24) is 24.4 Å². The van der Waals surface area contributed by atoms with Gasteiger partial charge in [-0.1, -0.05) is 29.3 Å². The summed E-state index contributed by atoms with van der Waals surface area (Å²) in [7, 11) is 1.46. The highest BCUT2D eigenvalue weighted by Crippen LogP contribution is 2.33. The second kappa shape index (κ2) is 10.2. The first kappa shape index (κ1) is 26.4. The van der Waals surface area contributed by atoms with Crippen molar-refractivity contribution in [2.75, 3.05) is 12.4 Å². The molecule has 0 saturated heterocycles. The molecule has 3 heterocycles. The maximum absolute atomic E-state index is 14.2. The fourth-order valence-electron chi connectivity index (χ4n) is 3.82. The molecule has 3 aromatic heterocycles. The summed E-state index contributed by atoms with van der Waals surface area (Å²) >= 11 is 12.3. The van der Waals surface area contributed by atoms with Crippen LogP contribution < -0.4 is 10.1 Å². The van der Waals surface area contributed by atoms with Crippen LogP contribution in [-0.4, -0.2) is 37.4 Å². The van der Waals surface area contributed by atoms with Crippen molar-refractivity contribution in [3.05, 3.63) is 93.6 Å². The van der Waals surface area contributed by atoms with Gasteiger partial charge in [0.2, 0.25) is 0 Å². The lowest BCUT2D eigenvalue weighted by atomic mass is 10.1. The predicted octanol–water partition coefficient (Wildman–Crippen LogP) is 6.37. The molecule has 0 unspecified atom stereocenters. The Balaban J connectivity index is 1.49. The minimum Gasteiger partial charge on any atom is -0.497 e. The van der Waals surface area contributed by atoms with Gasteiger partial charge in [0, 0.05) is 22.3 Å². The Hall–Kier alpha value is -4.16. The van der Waals surface area contributed by atoms with E-state index in [4.69, 9.17) is 27.9 Å². The van der Waals surface area contributed by atoms with E-state index >= 15 is 0 Å². The number of methoxy groups -OCH3 is 1. The van der Waals surface area contributed by atoms with E-state index in [9.17, 15) is 22.4 Å². The van der Waals surface area contributed by atoms with Crippen molar-refractivity contribution in [2.24, 2.45) is 0 Å². The van der Waals surface area contributed by atoms with E-state index in [-0.39, 0.29) is 44.9 Å². The predicted molar refractivity (Wildman–Crippen MR) is 136 cm³/mol. The summed E-state index contributed by atoms with van der Waals surface area (Å²) in [5.74, 6) is -0.997. The average molecular weight is 579 g/mol. The molecule has 0 aliphatic carbocycles. The number of ether oxygens (including phenoxy) is 1. The normalized spacial score (nSPS) is 11.7. The molecule has 200 valence electrons. The third-order valence-electron chi connectivity index (χ3n) is 5.72. The lowest BCUT2D eigenvalue weighted by Crippen LogP contribution is -2.16. The van der Waals surface area contributed by atoms with Crippen molar-refractivity contribution >= 4 is 40.6 Å². The average Bonchev–Trinajstić information content (AvgIpc) is 3.48. The van der Waals surface area contributed by atoms with E-state index in [1.54, 1.807) is 24.3 Å². The molecule has 0 aliphatic rings. The number of carbonyl (C=O) groups is 1. The number of nitrogens with zero attached hydrogens (tertiary/aromatic N) is 5. The molecule has 5 rings (SSSR count). The zero-order valence-corrected chi connectivity index (χ0v) is 21.3. The highest BCUT2D eigenvalue weighted by molar-refractivity contribution is 6.33. The number of carbonyl (C=O) groups excluding carboxylic acids is 1. The molecule has 5 aromatic rings. The molecule has 0 atom stereocenters. The van der Waals surface area contributed by atoms with Crippen LogP contribution in [0.1, 0.15) is 21.6 Å². The highest BCUT2D eigenvalue weighted by atomic mass is 35.5. The van der Waals surface area contributed by atoms with Gasteiger partial charge in [-0.15, -0.1) is 0 Å². The van der Waals surface area contributed by atoms with E-state index in [0.717, 1.165) is 12.3 Å². The molecule has 0 saturated carbocycles. The van der Waals surface area contributed by atoms with Crippen LogP contribution in [-0.2, 0) is 12.7 Å². The quantitative estimate of drug-likeness (QED) is 0.237. The SMILES string of the molecule is COc1ccc(-c2cc(C(F)(F)F)n3ncc(C(=O)Nc4nn(Cc5c(F)cccc5Cl)cc4Cl)c3n2)cc1. The summed E-state index contributed by atoms with van der Waals surface area (Å²) in [6.45, 7) is -0.0838. The topological polar surface area (TPSA) is 86.3 Å². The molecule has 14 heteroatoms. The van der Waals surface area contributed by atoms with Crippen LogP contribution in [0, 0.1) is 5.82 Å². The number of amides is 1. The minimum atomic E-state index is -4.79. The van der Waals surface area contributed by atoms with Crippen LogP contribution in [0.4, 0.5) is 23.4 Å². The first-order chi connectivity index (χ1) is 18.5. The minimum absolute atomic E-state index is 0.00940. The maximum atomic E-state index is 14.2. The third-order valence-corrected chi connectivity index (χ3v) is 6.35.